The van der Waals surface area contributed by atoms with E-state index in [0.29, 0.717) is 6.54 Å². The molecule has 0 saturated carbocycles. The minimum absolute atomic E-state index is 0.589. The van der Waals surface area contributed by atoms with Crippen LogP contribution in [0.4, 0.5) is 0 Å². The summed E-state index contributed by atoms with van der Waals surface area (Å²) in [5, 5.41) is 12.6. The Bertz CT molecular complexity index is 135. The zero-order valence-electron chi connectivity index (χ0n) is 7.35. The second-order valence-corrected chi connectivity index (χ2v) is 2.98. The Morgan fingerprint density at radius 1 is 1.64 bits per heavy atom. The molecular formula is C9H17NO. The molecule has 0 amide bonds. The van der Waals surface area contributed by atoms with Crippen molar-refractivity contribution in [2.24, 2.45) is 0 Å². The van der Waals surface area contributed by atoms with Crippen LogP contribution in [0.3, 0.4) is 0 Å². The number of nitrogens with one attached hydrogen (secondary N) is 1. The smallest absolute Gasteiger partial charge is 0.0740 e. The molecule has 0 aliphatic carbocycles. The lowest BCUT2D eigenvalue weighted by atomic mass is 10.0. The van der Waals surface area contributed by atoms with Crippen LogP contribution in [-0.4, -0.2) is 23.8 Å². The molecule has 2 N–H and O–H groups in total. The van der Waals surface area contributed by atoms with Gasteiger partial charge >= 0.3 is 0 Å². The minimum atomic E-state index is -0.589. The first-order chi connectivity index (χ1) is 5.12. The van der Waals surface area contributed by atoms with E-state index >= 15 is 0 Å². The zero-order chi connectivity index (χ0) is 8.74. The lowest BCUT2D eigenvalue weighted by molar-refractivity contribution is 0.0562. The van der Waals surface area contributed by atoms with Crippen molar-refractivity contribution < 1.29 is 5.11 Å². The van der Waals surface area contributed by atoms with Crippen LogP contribution in [-0.2, 0) is 0 Å². The first-order valence-corrected chi connectivity index (χ1v) is 3.99. The van der Waals surface area contributed by atoms with Crippen molar-refractivity contribution in [1.29, 1.82) is 0 Å². The van der Waals surface area contributed by atoms with E-state index in [-0.39, 0.29) is 0 Å². The summed E-state index contributed by atoms with van der Waals surface area (Å²) in [5.41, 5.74) is -0.589. The van der Waals surface area contributed by atoms with Crippen molar-refractivity contribution >= 4 is 0 Å². The van der Waals surface area contributed by atoms with Crippen molar-refractivity contribution in [3.8, 4) is 12.3 Å². The van der Waals surface area contributed by atoms with Crippen molar-refractivity contribution in [1.82, 2.24) is 5.32 Å². The van der Waals surface area contributed by atoms with Crippen LogP contribution in [0.2, 0.25) is 0 Å². The predicted molar refractivity (Wildman–Crippen MR) is 47.2 cm³/mol. The van der Waals surface area contributed by atoms with Gasteiger partial charge in [0.05, 0.1) is 5.60 Å². The van der Waals surface area contributed by atoms with Gasteiger partial charge in [0.1, 0.15) is 0 Å². The van der Waals surface area contributed by atoms with Crippen molar-refractivity contribution in [3.05, 3.63) is 0 Å². The van der Waals surface area contributed by atoms with Crippen LogP contribution in [0.1, 0.15) is 26.7 Å². The summed E-state index contributed by atoms with van der Waals surface area (Å²) in [6, 6.07) is 0. The third kappa shape index (κ3) is 5.90. The number of hydrogen-bond donors (Lipinski definition) is 2. The molecule has 2 heteroatoms. The maximum Gasteiger partial charge on any atom is 0.0740 e. The Hall–Kier alpha value is -0.520. The fourth-order valence-corrected chi connectivity index (χ4v) is 0.643. The summed E-state index contributed by atoms with van der Waals surface area (Å²) in [7, 11) is 0. The van der Waals surface area contributed by atoms with Gasteiger partial charge in [-0.25, -0.2) is 0 Å². The Labute approximate surface area is 69.0 Å². The molecule has 0 aliphatic rings. The highest BCUT2D eigenvalue weighted by Crippen LogP contribution is 2.05. The fraction of sp³-hybridized carbons (Fsp3) is 0.778. The minimum Gasteiger partial charge on any atom is -0.389 e. The topological polar surface area (TPSA) is 32.3 Å². The second-order valence-electron chi connectivity index (χ2n) is 2.98. The van der Waals surface area contributed by atoms with E-state index < -0.39 is 5.60 Å². The van der Waals surface area contributed by atoms with Crippen LogP contribution in [0.5, 0.6) is 0 Å². The van der Waals surface area contributed by atoms with E-state index in [0.717, 1.165) is 19.4 Å². The van der Waals surface area contributed by atoms with Gasteiger partial charge in [-0.3, -0.25) is 0 Å². The summed E-state index contributed by atoms with van der Waals surface area (Å²) < 4.78 is 0. The average Bonchev–Trinajstić information content (AvgIpc) is 1.99. The van der Waals surface area contributed by atoms with Crippen LogP contribution < -0.4 is 5.32 Å². The standard InChI is InChI=1S/C9H17NO/c1-4-6-7-10-8-9(3,11)5-2/h1,10-11H,5-8H2,2-3H3. The molecule has 0 radical (unpaired) electrons. The summed E-state index contributed by atoms with van der Waals surface area (Å²) in [4.78, 5) is 0. The Morgan fingerprint density at radius 3 is 2.73 bits per heavy atom. The van der Waals surface area contributed by atoms with Gasteiger partial charge in [-0.15, -0.1) is 12.3 Å². The van der Waals surface area contributed by atoms with Crippen molar-refractivity contribution in [2.45, 2.75) is 32.3 Å². The van der Waals surface area contributed by atoms with Crippen LogP contribution >= 0.6 is 0 Å². The molecule has 11 heavy (non-hydrogen) atoms. The largest absolute Gasteiger partial charge is 0.389 e. The van der Waals surface area contributed by atoms with E-state index in [1.165, 1.54) is 0 Å². The highest BCUT2D eigenvalue weighted by Gasteiger charge is 2.15. The number of terminal acetylenes is 1. The van der Waals surface area contributed by atoms with Gasteiger partial charge in [0.2, 0.25) is 0 Å². The lowest BCUT2D eigenvalue weighted by Gasteiger charge is -2.21. The van der Waals surface area contributed by atoms with E-state index in [1.807, 2.05) is 13.8 Å². The number of rotatable bonds is 5. The van der Waals surface area contributed by atoms with Crippen molar-refractivity contribution in [2.75, 3.05) is 13.1 Å². The average molecular weight is 155 g/mol. The molecule has 64 valence electrons. The van der Waals surface area contributed by atoms with E-state index in [2.05, 4.69) is 11.2 Å². The normalized spacial score (nSPS) is 15.5. The summed E-state index contributed by atoms with van der Waals surface area (Å²) in [5.74, 6) is 2.53. The van der Waals surface area contributed by atoms with Crippen LogP contribution in [0, 0.1) is 12.3 Å². The third-order valence-electron chi connectivity index (χ3n) is 1.71. The maximum atomic E-state index is 9.51. The molecule has 0 aromatic carbocycles. The molecule has 2 nitrogen and oxygen atoms in total. The molecule has 0 rings (SSSR count). The van der Waals surface area contributed by atoms with Gasteiger partial charge in [0.25, 0.3) is 0 Å². The Kier molecular flexibility index (Phi) is 4.93. The summed E-state index contributed by atoms with van der Waals surface area (Å²) >= 11 is 0. The van der Waals surface area contributed by atoms with Crippen molar-refractivity contribution in [3.63, 3.8) is 0 Å². The lowest BCUT2D eigenvalue weighted by Crippen LogP contribution is -2.37. The summed E-state index contributed by atoms with van der Waals surface area (Å²) in [6.45, 7) is 5.18. The highest BCUT2D eigenvalue weighted by atomic mass is 16.3. The SMILES string of the molecule is C#CCCNCC(C)(O)CC. The van der Waals surface area contributed by atoms with Gasteiger partial charge in [-0.05, 0) is 13.3 Å². The molecule has 0 bridgehead atoms. The first-order valence-electron chi connectivity index (χ1n) is 3.99. The molecule has 1 atom stereocenters. The second kappa shape index (κ2) is 5.17. The molecule has 0 spiro atoms. The molecule has 0 aromatic rings. The third-order valence-corrected chi connectivity index (χ3v) is 1.71. The van der Waals surface area contributed by atoms with Crippen LogP contribution in [0.25, 0.3) is 0 Å². The van der Waals surface area contributed by atoms with Gasteiger partial charge in [0, 0.05) is 19.5 Å². The summed E-state index contributed by atoms with van der Waals surface area (Å²) in [6.07, 6.45) is 6.54. The van der Waals surface area contributed by atoms with E-state index in [1.54, 1.807) is 0 Å². The van der Waals surface area contributed by atoms with E-state index in [4.69, 9.17) is 6.42 Å². The molecule has 1 unspecified atom stereocenters. The van der Waals surface area contributed by atoms with Gasteiger partial charge in [0.15, 0.2) is 0 Å². The van der Waals surface area contributed by atoms with Gasteiger partial charge in [-0.2, -0.15) is 0 Å². The zero-order valence-corrected chi connectivity index (χ0v) is 7.35. The molecule has 0 aromatic heterocycles. The number of hydrogen-bond acceptors (Lipinski definition) is 2. The molecular weight excluding hydrogens is 138 g/mol. The highest BCUT2D eigenvalue weighted by molar-refractivity contribution is 4.84. The quantitative estimate of drug-likeness (QED) is 0.454. The molecule has 0 fully saturated rings. The molecule has 0 saturated heterocycles. The first kappa shape index (κ1) is 10.5. The molecule has 0 heterocycles. The van der Waals surface area contributed by atoms with E-state index in [9.17, 15) is 5.11 Å². The van der Waals surface area contributed by atoms with Gasteiger partial charge < -0.3 is 10.4 Å². The Morgan fingerprint density at radius 2 is 2.27 bits per heavy atom. The Balaban J connectivity index is 3.32. The maximum absolute atomic E-state index is 9.51. The fourth-order valence-electron chi connectivity index (χ4n) is 0.643. The van der Waals surface area contributed by atoms with Gasteiger partial charge in [-0.1, -0.05) is 6.92 Å². The van der Waals surface area contributed by atoms with Crippen LogP contribution in [0.15, 0.2) is 0 Å². The monoisotopic (exact) mass is 155 g/mol. The number of aliphatic hydroxyl groups is 1. The molecule has 0 aliphatic heterocycles. The predicted octanol–water partition coefficient (Wildman–Crippen LogP) is 0.760.